The summed E-state index contributed by atoms with van der Waals surface area (Å²) >= 11 is 0. The molecule has 0 amide bonds. The highest BCUT2D eigenvalue weighted by Crippen LogP contribution is 2.52. The molecule has 5 aromatic rings. The summed E-state index contributed by atoms with van der Waals surface area (Å²) in [5, 5.41) is 10.9. The normalized spacial score (nSPS) is 21.5. The molecule has 3 nitrogen and oxygen atoms in total. The van der Waals surface area contributed by atoms with Gasteiger partial charge < -0.3 is 9.47 Å². The molecule has 0 saturated carbocycles. The van der Waals surface area contributed by atoms with Crippen molar-refractivity contribution in [3.63, 3.8) is 0 Å². The van der Waals surface area contributed by atoms with Gasteiger partial charge in [0.25, 0.3) is 0 Å². The average molecular weight is 594 g/mol. The van der Waals surface area contributed by atoms with Crippen LogP contribution in [0.4, 0.5) is 11.4 Å². The van der Waals surface area contributed by atoms with Gasteiger partial charge in [0.1, 0.15) is 0 Å². The van der Waals surface area contributed by atoms with Crippen LogP contribution in [0.2, 0.25) is 0 Å². The lowest BCUT2D eigenvalue weighted by Gasteiger charge is -2.38. The summed E-state index contributed by atoms with van der Waals surface area (Å²) < 4.78 is 2.39. The minimum Gasteiger partial charge on any atom is -0.332 e. The molecule has 1 aromatic heterocycles. The molecule has 3 heteroatoms. The number of para-hydroxylation sites is 3. The van der Waals surface area contributed by atoms with Gasteiger partial charge in [0.15, 0.2) is 0 Å². The first kappa shape index (κ1) is 27.0. The van der Waals surface area contributed by atoms with Gasteiger partial charge >= 0.3 is 0 Å². The highest BCUT2D eigenvalue weighted by Gasteiger charge is 2.42. The Balaban J connectivity index is 1.07. The number of fused-ring (bicyclic) bond motifs is 6. The molecule has 1 aliphatic heterocycles. The van der Waals surface area contributed by atoms with Gasteiger partial charge in [-0.25, -0.2) is 0 Å². The van der Waals surface area contributed by atoms with Crippen molar-refractivity contribution in [3.05, 3.63) is 161 Å². The predicted octanol–water partition coefficient (Wildman–Crippen LogP) is 10.3. The molecule has 0 fully saturated rings. The zero-order valence-corrected chi connectivity index (χ0v) is 25.8. The summed E-state index contributed by atoms with van der Waals surface area (Å²) in [6, 6.07) is 39.3. The van der Waals surface area contributed by atoms with E-state index in [-0.39, 0.29) is 6.04 Å². The van der Waals surface area contributed by atoms with Crippen LogP contribution in [-0.4, -0.2) is 10.6 Å². The van der Waals surface area contributed by atoms with Crippen LogP contribution < -0.4 is 4.90 Å². The Kier molecular flexibility index (Phi) is 6.42. The molecule has 46 heavy (non-hydrogen) atoms. The van der Waals surface area contributed by atoms with Crippen LogP contribution >= 0.6 is 0 Å². The third-order valence-corrected chi connectivity index (χ3v) is 10.6. The highest BCUT2D eigenvalue weighted by atomic mass is 15.2. The summed E-state index contributed by atoms with van der Waals surface area (Å²) in [6.45, 7) is 0. The molecule has 4 aromatic carbocycles. The number of rotatable bonds is 4. The van der Waals surface area contributed by atoms with Crippen LogP contribution in [-0.2, 0) is 6.42 Å². The van der Waals surface area contributed by atoms with Crippen molar-refractivity contribution < 1.29 is 0 Å². The maximum Gasteiger partial charge on any atom is 0.0992 e. The molecule has 0 radical (unpaired) electrons. The summed E-state index contributed by atoms with van der Waals surface area (Å²) in [6.07, 6.45) is 17.7. The topological polar surface area (TPSA) is 32.0 Å². The lowest BCUT2D eigenvalue weighted by molar-refractivity contribution is 0.481. The quantitative estimate of drug-likeness (QED) is 0.194. The molecule has 9 rings (SSSR count). The fraction of sp³-hybridized carbons (Fsp3) is 0.186. The Hall–Kier alpha value is -5.33. The van der Waals surface area contributed by atoms with E-state index in [1.165, 1.54) is 51.1 Å². The van der Waals surface area contributed by atoms with Gasteiger partial charge in [-0.05, 0) is 86.1 Å². The minimum absolute atomic E-state index is 0.267. The van der Waals surface area contributed by atoms with Gasteiger partial charge in [-0.15, -0.1) is 0 Å². The van der Waals surface area contributed by atoms with Crippen molar-refractivity contribution in [3.8, 4) is 11.8 Å². The van der Waals surface area contributed by atoms with Crippen LogP contribution in [0.15, 0.2) is 139 Å². The van der Waals surface area contributed by atoms with Crippen LogP contribution in [0, 0.1) is 23.2 Å². The van der Waals surface area contributed by atoms with Crippen LogP contribution in [0.25, 0.3) is 28.2 Å². The van der Waals surface area contributed by atoms with Gasteiger partial charge in [-0.1, -0.05) is 102 Å². The van der Waals surface area contributed by atoms with Crippen molar-refractivity contribution >= 4 is 33.9 Å². The molecule has 0 spiro atoms. The maximum atomic E-state index is 9.59. The number of nitriles is 1. The van der Waals surface area contributed by atoms with E-state index in [9.17, 15) is 5.26 Å². The third kappa shape index (κ3) is 4.25. The largest absolute Gasteiger partial charge is 0.332 e. The molecule has 0 bridgehead atoms. The monoisotopic (exact) mass is 593 g/mol. The average Bonchev–Trinajstić information content (AvgIpc) is 3.65. The predicted molar refractivity (Wildman–Crippen MR) is 189 cm³/mol. The van der Waals surface area contributed by atoms with Gasteiger partial charge in [0.05, 0.1) is 23.2 Å². The summed E-state index contributed by atoms with van der Waals surface area (Å²) in [4.78, 5) is 2.59. The van der Waals surface area contributed by atoms with E-state index >= 15 is 0 Å². The standard InChI is InChI=1S/C43H35N3/c44-28-29-11-8-16-34(25-29)45-40-21-6-5-18-37(40)39-27-31(23-24-42(39)45)30-12-9-13-32(26-30)35-19-10-20-38-36-17-4-7-22-41(36)46(43(35)38)33-14-2-1-3-15-33/h1-8,10-11,13-22,25,27,30,35,43H,9,12,23-24,26H2. The van der Waals surface area contributed by atoms with Crippen molar-refractivity contribution in [1.29, 1.82) is 5.26 Å². The molecule has 0 saturated heterocycles. The number of hydrogen-bond donors (Lipinski definition) is 0. The van der Waals surface area contributed by atoms with Gasteiger partial charge in [-0.3, -0.25) is 0 Å². The minimum atomic E-state index is 0.267. The molecular formula is C43H35N3. The Morgan fingerprint density at radius 2 is 1.61 bits per heavy atom. The Morgan fingerprint density at radius 3 is 2.52 bits per heavy atom. The van der Waals surface area contributed by atoms with Crippen LogP contribution in [0.3, 0.4) is 0 Å². The van der Waals surface area contributed by atoms with Crippen LogP contribution in [0.1, 0.15) is 48.1 Å². The second-order valence-corrected chi connectivity index (χ2v) is 13.1. The van der Waals surface area contributed by atoms with Gasteiger partial charge in [0, 0.05) is 45.2 Å². The fourth-order valence-corrected chi connectivity index (χ4v) is 8.62. The SMILES string of the molecule is N#Cc1cccc(-n2c3c(c4ccccc42)C=C(C2CCC=C(C4C=CC=C5c6ccccc6N(c6ccccc6)C54)C2)CC3)c1. The zero-order chi connectivity index (χ0) is 30.6. The van der Waals surface area contributed by atoms with Crippen LogP contribution in [0.5, 0.6) is 0 Å². The number of nitrogens with zero attached hydrogens (tertiary/aromatic N) is 3. The van der Waals surface area contributed by atoms with Crippen molar-refractivity contribution in [1.82, 2.24) is 4.57 Å². The maximum absolute atomic E-state index is 9.59. The molecule has 3 atom stereocenters. The summed E-state index contributed by atoms with van der Waals surface area (Å²) in [5.41, 5.74) is 14.3. The molecule has 4 aliphatic rings. The second kappa shape index (κ2) is 10.9. The van der Waals surface area contributed by atoms with E-state index in [4.69, 9.17) is 0 Å². The lowest BCUT2D eigenvalue weighted by Crippen LogP contribution is -2.36. The number of benzene rings is 4. The Bertz CT molecular complexity index is 2170. The number of hydrogen-bond acceptors (Lipinski definition) is 2. The Morgan fingerprint density at radius 1 is 0.783 bits per heavy atom. The first-order valence-electron chi connectivity index (χ1n) is 16.6. The number of anilines is 2. The van der Waals surface area contributed by atoms with Crippen molar-refractivity contribution in [2.75, 3.05) is 4.90 Å². The van der Waals surface area contributed by atoms with Crippen molar-refractivity contribution in [2.45, 2.75) is 38.1 Å². The van der Waals surface area contributed by atoms with Gasteiger partial charge in [0.2, 0.25) is 0 Å². The van der Waals surface area contributed by atoms with E-state index in [2.05, 4.69) is 131 Å². The smallest absolute Gasteiger partial charge is 0.0992 e. The molecule has 2 heterocycles. The fourth-order valence-electron chi connectivity index (χ4n) is 8.62. The van der Waals surface area contributed by atoms with E-state index in [0.29, 0.717) is 17.4 Å². The van der Waals surface area contributed by atoms with E-state index in [0.717, 1.165) is 31.4 Å². The summed E-state index contributed by atoms with van der Waals surface area (Å²) in [7, 11) is 0. The number of aromatic nitrogens is 1. The molecular weight excluding hydrogens is 558 g/mol. The van der Waals surface area contributed by atoms with E-state index in [1.807, 2.05) is 18.2 Å². The third-order valence-electron chi connectivity index (χ3n) is 10.6. The first-order chi connectivity index (χ1) is 22.8. The second-order valence-electron chi connectivity index (χ2n) is 13.1. The highest BCUT2D eigenvalue weighted by molar-refractivity contribution is 5.95. The molecule has 0 N–H and O–H groups in total. The molecule has 3 aliphatic carbocycles. The lowest BCUT2D eigenvalue weighted by atomic mass is 9.73. The zero-order valence-electron chi connectivity index (χ0n) is 25.8. The first-order valence-corrected chi connectivity index (χ1v) is 16.6. The number of allylic oxidation sites excluding steroid dienone is 4. The molecule has 222 valence electrons. The van der Waals surface area contributed by atoms with Crippen molar-refractivity contribution in [2.24, 2.45) is 11.8 Å². The molecule has 3 unspecified atom stereocenters. The van der Waals surface area contributed by atoms with E-state index in [1.54, 1.807) is 11.1 Å². The Labute approximate surface area is 270 Å². The summed E-state index contributed by atoms with van der Waals surface area (Å²) in [5.74, 6) is 0.887. The van der Waals surface area contributed by atoms with E-state index < -0.39 is 0 Å². The van der Waals surface area contributed by atoms with Gasteiger partial charge in [-0.2, -0.15) is 5.26 Å².